The average molecular weight is 395 g/mol. The second kappa shape index (κ2) is 9.08. The number of benzene rings is 1. The number of rotatable bonds is 8. The van der Waals surface area contributed by atoms with Crippen LogP contribution in [0.15, 0.2) is 23.1 Å². The van der Waals surface area contributed by atoms with Gasteiger partial charge in [-0.2, -0.15) is 0 Å². The molecule has 0 spiro atoms. The number of amides is 2. The molecule has 0 saturated carbocycles. The Kier molecular flexibility index (Phi) is 6.83. The summed E-state index contributed by atoms with van der Waals surface area (Å²) in [6, 6.07) is 4.75. The molecule has 0 aliphatic carbocycles. The molecule has 1 aliphatic rings. The number of methoxy groups -OCH3 is 1. The molecule has 0 radical (unpaired) electrons. The highest BCUT2D eigenvalue weighted by atomic mass is 32.2. The van der Waals surface area contributed by atoms with Gasteiger partial charge in [0, 0.05) is 0 Å². The monoisotopic (exact) mass is 395 g/mol. The minimum absolute atomic E-state index is 0.104. The molecule has 0 unspecified atom stereocenters. The average Bonchev–Trinajstić information content (AvgIpc) is 2.88. The van der Waals surface area contributed by atoms with Crippen LogP contribution < -0.4 is 9.47 Å². The molecule has 9 nitrogen and oxygen atoms in total. The number of thioether (sulfide) groups is 1. The molecule has 1 saturated heterocycles. The standard InChI is InChI=1S/C17H17NO8S/c1-3-25-12-6-10(4-5-11(12)26-9-15(21)24-2)7-13-16(22)18(8-14(19)20)17(23)27-13/h4-7H,3,8-9H2,1-2H3,(H,19,20)/b13-7+. The third kappa shape index (κ3) is 5.23. The van der Waals surface area contributed by atoms with E-state index in [0.717, 1.165) is 0 Å². The summed E-state index contributed by atoms with van der Waals surface area (Å²) in [7, 11) is 1.25. The zero-order valence-corrected chi connectivity index (χ0v) is 15.4. The SMILES string of the molecule is CCOc1cc(/C=C2/SC(=O)N(CC(=O)O)C2=O)ccc1OCC(=O)OC. The number of nitrogens with zero attached hydrogens (tertiary/aromatic N) is 1. The number of hydrogen-bond donors (Lipinski definition) is 1. The van der Waals surface area contributed by atoms with Crippen LogP contribution >= 0.6 is 11.8 Å². The molecule has 0 atom stereocenters. The number of carbonyl (C=O) groups is 4. The minimum atomic E-state index is -1.27. The van der Waals surface area contributed by atoms with E-state index >= 15 is 0 Å². The summed E-state index contributed by atoms with van der Waals surface area (Å²) in [6.45, 7) is 1.14. The van der Waals surface area contributed by atoms with Crippen molar-refractivity contribution in [1.82, 2.24) is 4.90 Å². The zero-order valence-electron chi connectivity index (χ0n) is 14.6. The lowest BCUT2D eigenvalue weighted by Gasteiger charge is -2.12. The van der Waals surface area contributed by atoms with Crippen molar-refractivity contribution in [2.24, 2.45) is 0 Å². The van der Waals surface area contributed by atoms with E-state index in [4.69, 9.17) is 14.6 Å². The topological polar surface area (TPSA) is 119 Å². The van der Waals surface area contributed by atoms with Crippen molar-refractivity contribution in [3.05, 3.63) is 28.7 Å². The molecule has 2 amide bonds. The van der Waals surface area contributed by atoms with Crippen molar-refractivity contribution in [2.75, 3.05) is 26.9 Å². The van der Waals surface area contributed by atoms with Gasteiger partial charge in [-0.3, -0.25) is 19.3 Å². The van der Waals surface area contributed by atoms with E-state index in [1.807, 2.05) is 0 Å². The summed E-state index contributed by atoms with van der Waals surface area (Å²) in [5.41, 5.74) is 0.546. The molecule has 0 aromatic heterocycles. The van der Waals surface area contributed by atoms with Gasteiger partial charge in [0.1, 0.15) is 6.54 Å². The Morgan fingerprint density at radius 1 is 1.22 bits per heavy atom. The molecule has 1 fully saturated rings. The van der Waals surface area contributed by atoms with Gasteiger partial charge in [0.15, 0.2) is 18.1 Å². The van der Waals surface area contributed by atoms with E-state index in [9.17, 15) is 19.2 Å². The number of carboxylic acids is 1. The van der Waals surface area contributed by atoms with E-state index in [1.54, 1.807) is 25.1 Å². The van der Waals surface area contributed by atoms with Gasteiger partial charge < -0.3 is 19.3 Å². The molecule has 0 bridgehead atoms. The molecule has 1 heterocycles. The molecule has 1 aromatic rings. The molecular formula is C17H17NO8S. The van der Waals surface area contributed by atoms with Gasteiger partial charge in [0.05, 0.1) is 18.6 Å². The molecular weight excluding hydrogens is 378 g/mol. The van der Waals surface area contributed by atoms with Gasteiger partial charge in [-0.1, -0.05) is 6.07 Å². The first-order chi connectivity index (χ1) is 12.8. The van der Waals surface area contributed by atoms with Crippen molar-refractivity contribution in [1.29, 1.82) is 0 Å². The van der Waals surface area contributed by atoms with Crippen LogP contribution in [0.5, 0.6) is 11.5 Å². The summed E-state index contributed by atoms with van der Waals surface area (Å²) in [5.74, 6) is -1.83. The number of carbonyl (C=O) groups excluding carboxylic acids is 3. The lowest BCUT2D eigenvalue weighted by Crippen LogP contribution is -2.33. The Morgan fingerprint density at radius 2 is 1.96 bits per heavy atom. The number of ether oxygens (including phenoxy) is 3. The van der Waals surface area contributed by atoms with E-state index < -0.39 is 29.6 Å². The van der Waals surface area contributed by atoms with Crippen LogP contribution in [-0.2, 0) is 19.1 Å². The lowest BCUT2D eigenvalue weighted by atomic mass is 10.2. The minimum Gasteiger partial charge on any atom is -0.490 e. The first-order valence-electron chi connectivity index (χ1n) is 7.79. The maximum absolute atomic E-state index is 12.2. The zero-order chi connectivity index (χ0) is 20.0. The number of imide groups is 1. The van der Waals surface area contributed by atoms with Crippen molar-refractivity contribution in [2.45, 2.75) is 6.92 Å². The van der Waals surface area contributed by atoms with E-state index in [0.29, 0.717) is 40.3 Å². The van der Waals surface area contributed by atoms with Crippen molar-refractivity contribution in [3.63, 3.8) is 0 Å². The predicted octanol–water partition coefficient (Wildman–Crippen LogP) is 1.76. The molecule has 1 aromatic carbocycles. The number of aliphatic carboxylic acids is 1. The number of carboxylic acid groups (broad SMARTS) is 1. The molecule has 1 N–H and O–H groups in total. The largest absolute Gasteiger partial charge is 0.490 e. The normalized spacial score (nSPS) is 15.2. The van der Waals surface area contributed by atoms with Gasteiger partial charge in [-0.15, -0.1) is 0 Å². The Labute approximate surface area is 158 Å². The second-order valence-corrected chi connectivity index (χ2v) is 6.16. The second-order valence-electron chi connectivity index (χ2n) is 5.17. The van der Waals surface area contributed by atoms with E-state index in [-0.39, 0.29) is 11.5 Å². The fourth-order valence-electron chi connectivity index (χ4n) is 2.12. The third-order valence-corrected chi connectivity index (χ3v) is 4.21. The first kappa shape index (κ1) is 20.3. The Balaban J connectivity index is 2.23. The van der Waals surface area contributed by atoms with Gasteiger partial charge in [-0.25, -0.2) is 4.79 Å². The molecule has 2 rings (SSSR count). The summed E-state index contributed by atoms with van der Waals surface area (Å²) in [6.07, 6.45) is 1.46. The summed E-state index contributed by atoms with van der Waals surface area (Å²) in [5, 5.41) is 8.14. The van der Waals surface area contributed by atoms with Gasteiger partial charge in [-0.05, 0) is 42.5 Å². The van der Waals surface area contributed by atoms with Crippen LogP contribution in [0, 0.1) is 0 Å². The van der Waals surface area contributed by atoms with Crippen LogP contribution in [0.4, 0.5) is 4.79 Å². The lowest BCUT2D eigenvalue weighted by molar-refractivity contribution is -0.143. The Hall–Kier alpha value is -3.01. The predicted molar refractivity (Wildman–Crippen MR) is 95.4 cm³/mol. The third-order valence-electron chi connectivity index (χ3n) is 3.31. The summed E-state index contributed by atoms with van der Waals surface area (Å²) >= 11 is 0.661. The maximum atomic E-state index is 12.2. The van der Waals surface area contributed by atoms with Crippen molar-refractivity contribution >= 4 is 40.9 Å². The fourth-order valence-corrected chi connectivity index (χ4v) is 2.96. The quantitative estimate of drug-likeness (QED) is 0.518. The fraction of sp³-hybridized carbons (Fsp3) is 0.294. The van der Waals surface area contributed by atoms with Gasteiger partial charge >= 0.3 is 11.9 Å². The maximum Gasteiger partial charge on any atom is 0.343 e. The van der Waals surface area contributed by atoms with Gasteiger partial charge in [0.2, 0.25) is 0 Å². The van der Waals surface area contributed by atoms with Crippen LogP contribution in [-0.4, -0.2) is 60.0 Å². The van der Waals surface area contributed by atoms with Crippen LogP contribution in [0.1, 0.15) is 12.5 Å². The molecule has 27 heavy (non-hydrogen) atoms. The van der Waals surface area contributed by atoms with Crippen LogP contribution in [0.3, 0.4) is 0 Å². The summed E-state index contributed by atoms with van der Waals surface area (Å²) in [4.78, 5) is 46.7. The first-order valence-corrected chi connectivity index (χ1v) is 8.61. The van der Waals surface area contributed by atoms with Crippen molar-refractivity contribution < 1.29 is 38.5 Å². The Bertz CT molecular complexity index is 804. The van der Waals surface area contributed by atoms with Crippen LogP contribution in [0.2, 0.25) is 0 Å². The molecule has 144 valence electrons. The number of esters is 1. The highest BCUT2D eigenvalue weighted by molar-refractivity contribution is 8.18. The Morgan fingerprint density at radius 3 is 2.59 bits per heavy atom. The van der Waals surface area contributed by atoms with Gasteiger partial charge in [0.25, 0.3) is 11.1 Å². The highest BCUT2D eigenvalue weighted by Gasteiger charge is 2.36. The summed E-state index contributed by atoms with van der Waals surface area (Å²) < 4.78 is 15.3. The number of hydrogen-bond acceptors (Lipinski definition) is 8. The van der Waals surface area contributed by atoms with E-state index in [1.165, 1.54) is 13.2 Å². The molecule has 1 aliphatic heterocycles. The van der Waals surface area contributed by atoms with E-state index in [2.05, 4.69) is 4.74 Å². The molecule has 10 heteroatoms. The van der Waals surface area contributed by atoms with Crippen LogP contribution in [0.25, 0.3) is 6.08 Å². The highest BCUT2D eigenvalue weighted by Crippen LogP contribution is 2.34. The smallest absolute Gasteiger partial charge is 0.343 e. The van der Waals surface area contributed by atoms with Crippen molar-refractivity contribution in [3.8, 4) is 11.5 Å².